The van der Waals surface area contributed by atoms with E-state index in [1.54, 1.807) is 25.3 Å². The second kappa shape index (κ2) is 7.81. The summed E-state index contributed by atoms with van der Waals surface area (Å²) in [6.07, 6.45) is 1.58. The van der Waals surface area contributed by atoms with Crippen LogP contribution in [0.15, 0.2) is 71.8 Å². The molecule has 0 saturated heterocycles. The highest BCUT2D eigenvalue weighted by Gasteiger charge is 2.11. The summed E-state index contributed by atoms with van der Waals surface area (Å²) in [5.74, 6) is -0.210. The zero-order valence-corrected chi connectivity index (χ0v) is 14.5. The third-order valence-corrected chi connectivity index (χ3v) is 4.04. The van der Waals surface area contributed by atoms with E-state index >= 15 is 0 Å². The fraction of sp³-hybridized carbons (Fsp3) is 0.100. The number of hydrogen-bond donors (Lipinski definition) is 2. The molecule has 0 radical (unpaired) electrons. The average molecular weight is 352 g/mol. The van der Waals surface area contributed by atoms with Crippen LogP contribution in [-0.4, -0.2) is 18.2 Å². The summed E-state index contributed by atoms with van der Waals surface area (Å²) >= 11 is 5.83. The number of carbonyl (C=O) groups excluding carboxylic acids is 1. The van der Waals surface area contributed by atoms with E-state index in [0.29, 0.717) is 5.02 Å². The van der Waals surface area contributed by atoms with Gasteiger partial charge in [0.15, 0.2) is 0 Å². The van der Waals surface area contributed by atoms with Crippen molar-refractivity contribution in [3.05, 3.63) is 77.3 Å². The third-order valence-electron chi connectivity index (χ3n) is 3.78. The van der Waals surface area contributed by atoms with Gasteiger partial charge in [-0.1, -0.05) is 54.1 Å². The van der Waals surface area contributed by atoms with Crippen LogP contribution in [0.3, 0.4) is 0 Å². The number of fused-ring (bicyclic) bond motifs is 1. The van der Waals surface area contributed by atoms with Gasteiger partial charge in [0.2, 0.25) is 0 Å². The van der Waals surface area contributed by atoms with Crippen molar-refractivity contribution in [1.29, 1.82) is 0 Å². The molecule has 0 saturated carbocycles. The van der Waals surface area contributed by atoms with Gasteiger partial charge in [-0.2, -0.15) is 5.10 Å². The number of halogens is 1. The SMILES string of the molecule is CC(Nc1ccc2ccccc2c1)C(=O)N/N=C/c1ccc(Cl)cc1. The lowest BCUT2D eigenvalue weighted by Gasteiger charge is -2.14. The van der Waals surface area contributed by atoms with Crippen molar-refractivity contribution in [3.8, 4) is 0 Å². The molecule has 126 valence electrons. The molecule has 0 fully saturated rings. The van der Waals surface area contributed by atoms with Gasteiger partial charge in [-0.3, -0.25) is 4.79 Å². The molecule has 0 heterocycles. The van der Waals surface area contributed by atoms with Crippen molar-refractivity contribution in [2.75, 3.05) is 5.32 Å². The first-order valence-electron chi connectivity index (χ1n) is 7.96. The quantitative estimate of drug-likeness (QED) is 0.527. The summed E-state index contributed by atoms with van der Waals surface area (Å²) in [7, 11) is 0. The highest BCUT2D eigenvalue weighted by atomic mass is 35.5. The van der Waals surface area contributed by atoms with E-state index in [0.717, 1.165) is 22.0 Å². The van der Waals surface area contributed by atoms with Crippen LogP contribution in [0.4, 0.5) is 5.69 Å². The van der Waals surface area contributed by atoms with Gasteiger partial charge in [0.1, 0.15) is 6.04 Å². The number of amides is 1. The molecule has 0 bridgehead atoms. The Morgan fingerprint density at radius 2 is 1.76 bits per heavy atom. The molecule has 0 aliphatic rings. The second-order valence-corrected chi connectivity index (χ2v) is 6.15. The fourth-order valence-electron chi connectivity index (χ4n) is 2.41. The summed E-state index contributed by atoms with van der Waals surface area (Å²) < 4.78 is 0. The zero-order valence-electron chi connectivity index (χ0n) is 13.7. The van der Waals surface area contributed by atoms with Crippen molar-refractivity contribution in [2.45, 2.75) is 13.0 Å². The minimum absolute atomic E-state index is 0.210. The first-order valence-corrected chi connectivity index (χ1v) is 8.33. The highest BCUT2D eigenvalue weighted by Crippen LogP contribution is 2.19. The normalized spacial score (nSPS) is 12.2. The van der Waals surface area contributed by atoms with E-state index in [4.69, 9.17) is 11.6 Å². The molecule has 1 unspecified atom stereocenters. The van der Waals surface area contributed by atoms with E-state index in [1.807, 2.05) is 48.5 Å². The van der Waals surface area contributed by atoms with Crippen LogP contribution < -0.4 is 10.7 Å². The van der Waals surface area contributed by atoms with Crippen molar-refractivity contribution in [1.82, 2.24) is 5.43 Å². The third kappa shape index (κ3) is 4.58. The molecule has 4 nitrogen and oxygen atoms in total. The smallest absolute Gasteiger partial charge is 0.262 e. The Morgan fingerprint density at radius 3 is 2.52 bits per heavy atom. The Bertz CT molecular complexity index is 906. The number of hydrogen-bond acceptors (Lipinski definition) is 3. The monoisotopic (exact) mass is 351 g/mol. The van der Waals surface area contributed by atoms with Crippen molar-refractivity contribution < 1.29 is 4.79 Å². The number of benzene rings is 3. The van der Waals surface area contributed by atoms with Crippen molar-refractivity contribution in [3.63, 3.8) is 0 Å². The van der Waals surface area contributed by atoms with Crippen LogP contribution in [0, 0.1) is 0 Å². The number of anilines is 1. The molecular weight excluding hydrogens is 334 g/mol. The van der Waals surface area contributed by atoms with Gasteiger partial charge in [0, 0.05) is 10.7 Å². The molecule has 1 amide bonds. The maximum absolute atomic E-state index is 12.1. The number of nitrogens with zero attached hydrogens (tertiary/aromatic N) is 1. The van der Waals surface area contributed by atoms with Crippen molar-refractivity contribution >= 4 is 40.2 Å². The van der Waals surface area contributed by atoms with Gasteiger partial charge in [-0.05, 0) is 47.5 Å². The number of nitrogens with one attached hydrogen (secondary N) is 2. The summed E-state index contributed by atoms with van der Waals surface area (Å²) in [4.78, 5) is 12.1. The summed E-state index contributed by atoms with van der Waals surface area (Å²) in [6.45, 7) is 1.79. The molecule has 0 spiro atoms. The van der Waals surface area contributed by atoms with Gasteiger partial charge in [-0.15, -0.1) is 0 Å². The molecule has 2 N–H and O–H groups in total. The molecule has 1 atom stereocenters. The van der Waals surface area contributed by atoms with Crippen LogP contribution in [-0.2, 0) is 4.79 Å². The molecule has 0 aliphatic heterocycles. The number of rotatable bonds is 5. The van der Waals surface area contributed by atoms with E-state index in [1.165, 1.54) is 0 Å². The topological polar surface area (TPSA) is 53.5 Å². The van der Waals surface area contributed by atoms with E-state index < -0.39 is 6.04 Å². The molecule has 25 heavy (non-hydrogen) atoms. The Labute approximate surface area is 151 Å². The van der Waals surface area contributed by atoms with E-state index in [2.05, 4.69) is 21.9 Å². The Morgan fingerprint density at radius 1 is 1.04 bits per heavy atom. The predicted molar refractivity (Wildman–Crippen MR) is 104 cm³/mol. The summed E-state index contributed by atoms with van der Waals surface area (Å²) in [6, 6.07) is 20.9. The van der Waals surface area contributed by atoms with Gasteiger partial charge >= 0.3 is 0 Å². The Hall–Kier alpha value is -2.85. The maximum atomic E-state index is 12.1. The molecule has 3 rings (SSSR count). The lowest BCUT2D eigenvalue weighted by molar-refractivity contribution is -0.121. The predicted octanol–water partition coefficient (Wildman–Crippen LogP) is 4.44. The molecular formula is C20H18ClN3O. The van der Waals surface area contributed by atoms with Crippen LogP contribution >= 0.6 is 11.6 Å². The van der Waals surface area contributed by atoms with Gasteiger partial charge in [-0.25, -0.2) is 5.43 Å². The molecule has 3 aromatic rings. The first kappa shape index (κ1) is 17.0. The molecule has 0 aromatic heterocycles. The second-order valence-electron chi connectivity index (χ2n) is 5.71. The first-order chi connectivity index (χ1) is 12.1. The van der Waals surface area contributed by atoms with Crippen LogP contribution in [0.5, 0.6) is 0 Å². The van der Waals surface area contributed by atoms with Crippen LogP contribution in [0.25, 0.3) is 10.8 Å². The summed E-state index contributed by atoms with van der Waals surface area (Å²) in [5, 5.41) is 10.1. The van der Waals surface area contributed by atoms with Crippen LogP contribution in [0.1, 0.15) is 12.5 Å². The maximum Gasteiger partial charge on any atom is 0.262 e. The largest absolute Gasteiger partial charge is 0.374 e. The molecule has 5 heteroatoms. The number of carbonyl (C=O) groups is 1. The van der Waals surface area contributed by atoms with Crippen molar-refractivity contribution in [2.24, 2.45) is 5.10 Å². The minimum atomic E-state index is -0.413. The van der Waals surface area contributed by atoms with Gasteiger partial charge < -0.3 is 5.32 Å². The highest BCUT2D eigenvalue weighted by molar-refractivity contribution is 6.30. The summed E-state index contributed by atoms with van der Waals surface area (Å²) in [5.41, 5.74) is 4.29. The Balaban J connectivity index is 1.58. The fourth-order valence-corrected chi connectivity index (χ4v) is 2.54. The molecule has 0 aliphatic carbocycles. The van der Waals surface area contributed by atoms with Crippen LogP contribution in [0.2, 0.25) is 5.02 Å². The standard InChI is InChI=1S/C20H18ClN3O/c1-14(20(25)24-22-13-15-6-9-18(21)10-7-15)23-19-11-8-16-4-2-3-5-17(16)12-19/h2-14,23H,1H3,(H,24,25)/b22-13+. The lowest BCUT2D eigenvalue weighted by Crippen LogP contribution is -2.34. The minimum Gasteiger partial charge on any atom is -0.374 e. The zero-order chi connectivity index (χ0) is 17.6. The average Bonchev–Trinajstić information content (AvgIpc) is 2.63. The van der Waals surface area contributed by atoms with E-state index in [-0.39, 0.29) is 5.91 Å². The van der Waals surface area contributed by atoms with Gasteiger partial charge in [0.05, 0.1) is 6.21 Å². The molecule has 3 aromatic carbocycles. The van der Waals surface area contributed by atoms with Gasteiger partial charge in [0.25, 0.3) is 5.91 Å². The van der Waals surface area contributed by atoms with E-state index in [9.17, 15) is 4.79 Å². The Kier molecular flexibility index (Phi) is 5.31. The lowest BCUT2D eigenvalue weighted by atomic mass is 10.1. The number of hydrazone groups is 1.